The second-order valence-corrected chi connectivity index (χ2v) is 6.82. The number of ether oxygens (including phenoxy) is 1. The number of hydrogen-bond donors (Lipinski definition) is 1. The van der Waals surface area contributed by atoms with Gasteiger partial charge in [-0.3, -0.25) is 4.79 Å². The number of likely N-dealkylation sites (tertiary alicyclic amines) is 1. The Kier molecular flexibility index (Phi) is 8.14. The van der Waals surface area contributed by atoms with E-state index in [1.165, 1.54) is 0 Å². The van der Waals surface area contributed by atoms with Gasteiger partial charge in [-0.05, 0) is 17.7 Å². The molecule has 0 unspecified atom stereocenters. The lowest BCUT2D eigenvalue weighted by Crippen LogP contribution is -2.46. The molecule has 3 rings (SSSR count). The first kappa shape index (κ1) is 21.3. The zero-order valence-corrected chi connectivity index (χ0v) is 16.7. The van der Waals surface area contributed by atoms with Gasteiger partial charge < -0.3 is 15.0 Å². The first-order chi connectivity index (χ1) is 12.7. The summed E-state index contributed by atoms with van der Waals surface area (Å²) in [5.74, 6) is -0.118. The minimum Gasteiger partial charge on any atom is -0.454 e. The van der Waals surface area contributed by atoms with Crippen molar-refractivity contribution in [2.45, 2.75) is 31.8 Å². The van der Waals surface area contributed by atoms with Gasteiger partial charge in [0.15, 0.2) is 0 Å². The molecular formula is C22H29ClN2O2. The normalized spacial score (nSPS) is 16.2. The second kappa shape index (κ2) is 10.3. The molecule has 1 N–H and O–H groups in total. The van der Waals surface area contributed by atoms with Gasteiger partial charge in [-0.25, -0.2) is 0 Å². The lowest BCUT2D eigenvalue weighted by molar-refractivity contribution is -0.166. The van der Waals surface area contributed by atoms with Gasteiger partial charge in [0.1, 0.15) is 5.60 Å². The van der Waals surface area contributed by atoms with E-state index in [-0.39, 0.29) is 18.4 Å². The number of rotatable bonds is 7. The summed E-state index contributed by atoms with van der Waals surface area (Å²) < 4.78 is 5.96. The molecule has 1 aliphatic heterocycles. The summed E-state index contributed by atoms with van der Waals surface area (Å²) in [6.07, 6.45) is 2.10. The Balaban J connectivity index is 0.00000261. The number of benzene rings is 2. The van der Waals surface area contributed by atoms with Crippen LogP contribution >= 0.6 is 12.4 Å². The van der Waals surface area contributed by atoms with E-state index in [0.29, 0.717) is 6.42 Å². The van der Waals surface area contributed by atoms with Crippen LogP contribution in [0.2, 0.25) is 0 Å². The molecular weight excluding hydrogens is 360 g/mol. The summed E-state index contributed by atoms with van der Waals surface area (Å²) in [7, 11) is 0. The average Bonchev–Trinajstić information content (AvgIpc) is 2.71. The molecule has 0 aromatic heterocycles. The first-order valence-electron chi connectivity index (χ1n) is 9.50. The molecule has 0 saturated carbocycles. The van der Waals surface area contributed by atoms with Crippen LogP contribution in [0.15, 0.2) is 60.7 Å². The van der Waals surface area contributed by atoms with Crippen LogP contribution in [0.3, 0.4) is 0 Å². The van der Waals surface area contributed by atoms with Crippen molar-refractivity contribution in [3.63, 3.8) is 0 Å². The van der Waals surface area contributed by atoms with E-state index in [2.05, 4.69) is 34.5 Å². The fourth-order valence-corrected chi connectivity index (χ4v) is 3.53. The zero-order valence-electron chi connectivity index (χ0n) is 15.9. The van der Waals surface area contributed by atoms with Crippen molar-refractivity contribution in [3.8, 4) is 0 Å². The summed E-state index contributed by atoms with van der Waals surface area (Å²) in [6.45, 7) is 5.62. The number of nitrogens with one attached hydrogen (secondary N) is 1. The highest BCUT2D eigenvalue weighted by Crippen LogP contribution is 2.37. The number of nitrogens with zero attached hydrogens (tertiary/aromatic N) is 1. The average molecular weight is 389 g/mol. The third-order valence-electron chi connectivity index (χ3n) is 5.09. The Morgan fingerprint density at radius 3 is 2.22 bits per heavy atom. The van der Waals surface area contributed by atoms with Crippen LogP contribution in [0.4, 0.5) is 5.69 Å². The highest BCUT2D eigenvalue weighted by atomic mass is 35.5. The third-order valence-corrected chi connectivity index (χ3v) is 5.09. The van der Waals surface area contributed by atoms with Gasteiger partial charge in [0.25, 0.3) is 0 Å². The summed E-state index contributed by atoms with van der Waals surface area (Å²) in [5.41, 5.74) is 1.79. The minimum atomic E-state index is -0.474. The van der Waals surface area contributed by atoms with Crippen molar-refractivity contribution in [2.75, 3.05) is 31.5 Å². The van der Waals surface area contributed by atoms with Crippen LogP contribution in [-0.2, 0) is 15.1 Å². The lowest BCUT2D eigenvalue weighted by Gasteiger charge is -2.41. The Bertz CT molecular complexity index is 686. The number of piperidine rings is 1. The largest absolute Gasteiger partial charge is 0.454 e. The van der Waals surface area contributed by atoms with Crippen LogP contribution in [0.5, 0.6) is 0 Å². The van der Waals surface area contributed by atoms with Crippen molar-refractivity contribution in [1.29, 1.82) is 0 Å². The van der Waals surface area contributed by atoms with Gasteiger partial charge in [-0.2, -0.15) is 0 Å². The van der Waals surface area contributed by atoms with Crippen LogP contribution in [0.25, 0.3) is 0 Å². The van der Waals surface area contributed by atoms with Gasteiger partial charge in [-0.15, -0.1) is 12.4 Å². The van der Waals surface area contributed by atoms with Crippen molar-refractivity contribution in [3.05, 3.63) is 66.2 Å². The van der Waals surface area contributed by atoms with Crippen LogP contribution in [0.1, 0.15) is 31.7 Å². The molecule has 2 aromatic rings. The number of para-hydroxylation sites is 1. The van der Waals surface area contributed by atoms with Crippen LogP contribution < -0.4 is 5.32 Å². The molecule has 1 saturated heterocycles. The third kappa shape index (κ3) is 5.72. The van der Waals surface area contributed by atoms with E-state index in [9.17, 15) is 4.79 Å². The van der Waals surface area contributed by atoms with Crippen LogP contribution in [0, 0.1) is 0 Å². The fourth-order valence-electron chi connectivity index (χ4n) is 3.53. The van der Waals surface area contributed by atoms with E-state index in [1.54, 1.807) is 0 Å². The van der Waals surface area contributed by atoms with E-state index >= 15 is 0 Å². The summed E-state index contributed by atoms with van der Waals surface area (Å²) in [4.78, 5) is 14.5. The number of esters is 1. The molecule has 5 heteroatoms. The molecule has 0 aliphatic carbocycles. The van der Waals surface area contributed by atoms with Gasteiger partial charge in [0.05, 0.1) is 0 Å². The Hall–Kier alpha value is -2.04. The molecule has 1 aliphatic rings. The van der Waals surface area contributed by atoms with Crippen LogP contribution in [-0.4, -0.2) is 37.0 Å². The second-order valence-electron chi connectivity index (χ2n) is 6.82. The Morgan fingerprint density at radius 1 is 1.04 bits per heavy atom. The highest BCUT2D eigenvalue weighted by Gasteiger charge is 2.39. The monoisotopic (exact) mass is 388 g/mol. The van der Waals surface area contributed by atoms with Crippen molar-refractivity contribution >= 4 is 24.1 Å². The SMILES string of the molecule is CCC(=O)OC1(c2ccccc2)CCN(CCNc2ccccc2)CC1.Cl. The van der Waals surface area contributed by atoms with Crippen molar-refractivity contribution < 1.29 is 9.53 Å². The molecule has 146 valence electrons. The summed E-state index contributed by atoms with van der Waals surface area (Å²) in [5, 5.41) is 3.46. The maximum atomic E-state index is 12.0. The van der Waals surface area contributed by atoms with Crippen molar-refractivity contribution in [1.82, 2.24) is 4.90 Å². The molecule has 0 spiro atoms. The van der Waals surface area contributed by atoms with Crippen molar-refractivity contribution in [2.24, 2.45) is 0 Å². The fraction of sp³-hybridized carbons (Fsp3) is 0.409. The van der Waals surface area contributed by atoms with E-state index < -0.39 is 5.60 Å². The predicted octanol–water partition coefficient (Wildman–Crippen LogP) is 4.46. The van der Waals surface area contributed by atoms with E-state index in [1.807, 2.05) is 43.3 Å². The smallest absolute Gasteiger partial charge is 0.306 e. The molecule has 0 amide bonds. The number of hydrogen-bond acceptors (Lipinski definition) is 4. The minimum absolute atomic E-state index is 0. The topological polar surface area (TPSA) is 41.6 Å². The predicted molar refractivity (Wildman–Crippen MR) is 112 cm³/mol. The number of carbonyl (C=O) groups is 1. The van der Waals surface area contributed by atoms with Gasteiger partial charge in [0.2, 0.25) is 0 Å². The Morgan fingerprint density at radius 2 is 1.63 bits per heavy atom. The molecule has 0 radical (unpaired) electrons. The molecule has 1 heterocycles. The quantitative estimate of drug-likeness (QED) is 0.711. The van der Waals surface area contributed by atoms with Gasteiger partial charge in [0, 0.05) is 51.1 Å². The highest BCUT2D eigenvalue weighted by molar-refractivity contribution is 5.85. The molecule has 0 atom stereocenters. The van der Waals surface area contributed by atoms with E-state index in [0.717, 1.165) is 50.3 Å². The number of carbonyl (C=O) groups excluding carboxylic acids is 1. The molecule has 2 aromatic carbocycles. The lowest BCUT2D eigenvalue weighted by atomic mass is 9.84. The summed E-state index contributed by atoms with van der Waals surface area (Å²) >= 11 is 0. The Labute approximate surface area is 168 Å². The van der Waals surface area contributed by atoms with Gasteiger partial charge in [-0.1, -0.05) is 55.5 Å². The summed E-state index contributed by atoms with van der Waals surface area (Å²) in [6, 6.07) is 20.5. The zero-order chi connectivity index (χ0) is 18.2. The molecule has 1 fully saturated rings. The first-order valence-corrected chi connectivity index (χ1v) is 9.50. The maximum absolute atomic E-state index is 12.0. The maximum Gasteiger partial charge on any atom is 0.306 e. The van der Waals surface area contributed by atoms with E-state index in [4.69, 9.17) is 4.74 Å². The molecule has 27 heavy (non-hydrogen) atoms. The number of halogens is 1. The van der Waals surface area contributed by atoms with Gasteiger partial charge >= 0.3 is 5.97 Å². The number of anilines is 1. The molecule has 0 bridgehead atoms. The molecule has 4 nitrogen and oxygen atoms in total. The standard InChI is InChI=1S/C22H28N2O2.ClH/c1-2-21(25)26-22(19-9-5-3-6-10-19)13-16-24(17-14-22)18-15-23-20-11-7-4-8-12-20;/h3-12,23H,2,13-18H2,1H3;1H.